The molecular formula is C18H35N. The Hall–Kier alpha value is -0.0400. The minimum absolute atomic E-state index is 0.973. The van der Waals surface area contributed by atoms with Crippen molar-refractivity contribution in [3.8, 4) is 0 Å². The Morgan fingerprint density at radius 2 is 1.58 bits per heavy atom. The van der Waals surface area contributed by atoms with Gasteiger partial charge in [0, 0.05) is 0 Å². The van der Waals surface area contributed by atoms with Crippen LogP contribution in [0.2, 0.25) is 0 Å². The molecule has 2 aliphatic carbocycles. The zero-order chi connectivity index (χ0) is 13.7. The van der Waals surface area contributed by atoms with E-state index in [-0.39, 0.29) is 0 Å². The molecule has 1 N–H and O–H groups in total. The third-order valence-electron chi connectivity index (χ3n) is 5.81. The Labute approximate surface area is 120 Å². The molecule has 19 heavy (non-hydrogen) atoms. The van der Waals surface area contributed by atoms with E-state index in [1.807, 2.05) is 0 Å². The Bertz CT molecular complexity index is 242. The minimum atomic E-state index is 0.973. The van der Waals surface area contributed by atoms with Crippen molar-refractivity contribution in [2.75, 3.05) is 13.1 Å². The van der Waals surface area contributed by atoms with E-state index < -0.39 is 0 Å². The summed E-state index contributed by atoms with van der Waals surface area (Å²) in [7, 11) is 0. The molecule has 1 heteroatoms. The van der Waals surface area contributed by atoms with Gasteiger partial charge in [-0.3, -0.25) is 0 Å². The fourth-order valence-electron chi connectivity index (χ4n) is 4.50. The van der Waals surface area contributed by atoms with Gasteiger partial charge in [0.1, 0.15) is 0 Å². The average Bonchev–Trinajstić information content (AvgIpc) is 2.41. The lowest BCUT2D eigenvalue weighted by Crippen LogP contribution is -2.37. The molecule has 0 aromatic rings. The maximum absolute atomic E-state index is 3.70. The molecule has 0 saturated heterocycles. The van der Waals surface area contributed by atoms with Crippen LogP contribution in [0.15, 0.2) is 0 Å². The standard InChI is InChI=1S/C18H35N/c1-4-11-19-13-17-10-7-15(3)12-18(17)16-8-5-14(2)6-9-16/h14-19H,4-13H2,1-3H3. The van der Waals surface area contributed by atoms with Crippen molar-refractivity contribution in [1.29, 1.82) is 0 Å². The van der Waals surface area contributed by atoms with Gasteiger partial charge in [-0.05, 0) is 74.8 Å². The van der Waals surface area contributed by atoms with E-state index in [2.05, 4.69) is 26.1 Å². The van der Waals surface area contributed by atoms with Crippen molar-refractivity contribution in [1.82, 2.24) is 5.32 Å². The summed E-state index contributed by atoms with van der Waals surface area (Å²) in [5.74, 6) is 5.02. The van der Waals surface area contributed by atoms with Crippen molar-refractivity contribution >= 4 is 0 Å². The van der Waals surface area contributed by atoms with Gasteiger partial charge in [-0.1, -0.05) is 40.0 Å². The molecule has 0 bridgehead atoms. The van der Waals surface area contributed by atoms with Crippen molar-refractivity contribution in [3.63, 3.8) is 0 Å². The molecule has 0 spiro atoms. The van der Waals surface area contributed by atoms with Crippen molar-refractivity contribution < 1.29 is 0 Å². The van der Waals surface area contributed by atoms with Crippen molar-refractivity contribution in [2.45, 2.75) is 72.1 Å². The van der Waals surface area contributed by atoms with Crippen LogP contribution >= 0.6 is 0 Å². The van der Waals surface area contributed by atoms with Crippen LogP contribution in [0.4, 0.5) is 0 Å². The minimum Gasteiger partial charge on any atom is -0.316 e. The molecule has 0 aromatic carbocycles. The van der Waals surface area contributed by atoms with Gasteiger partial charge in [0.15, 0.2) is 0 Å². The lowest BCUT2D eigenvalue weighted by Gasteiger charge is -2.42. The summed E-state index contributed by atoms with van der Waals surface area (Å²) in [6, 6.07) is 0. The second-order valence-electron chi connectivity index (χ2n) is 7.57. The highest BCUT2D eigenvalue weighted by Gasteiger charge is 2.35. The Kier molecular flexibility index (Phi) is 6.19. The van der Waals surface area contributed by atoms with Crippen LogP contribution < -0.4 is 5.32 Å². The summed E-state index contributed by atoms with van der Waals surface area (Å²) in [4.78, 5) is 0. The number of rotatable bonds is 5. The lowest BCUT2D eigenvalue weighted by molar-refractivity contribution is 0.0909. The third kappa shape index (κ3) is 4.48. The third-order valence-corrected chi connectivity index (χ3v) is 5.81. The zero-order valence-corrected chi connectivity index (χ0v) is 13.5. The fraction of sp³-hybridized carbons (Fsp3) is 1.00. The molecule has 3 atom stereocenters. The topological polar surface area (TPSA) is 12.0 Å². The first-order chi connectivity index (χ1) is 9.20. The molecule has 0 heterocycles. The van der Waals surface area contributed by atoms with Crippen LogP contribution in [0.1, 0.15) is 72.1 Å². The van der Waals surface area contributed by atoms with Crippen LogP contribution in [-0.2, 0) is 0 Å². The van der Waals surface area contributed by atoms with E-state index in [0.29, 0.717) is 0 Å². The molecule has 2 fully saturated rings. The van der Waals surface area contributed by atoms with Gasteiger partial charge in [-0.25, -0.2) is 0 Å². The first-order valence-corrected chi connectivity index (χ1v) is 8.91. The van der Waals surface area contributed by atoms with Crippen LogP contribution in [0.25, 0.3) is 0 Å². The largest absolute Gasteiger partial charge is 0.316 e. The molecule has 0 aromatic heterocycles. The monoisotopic (exact) mass is 265 g/mol. The maximum Gasteiger partial charge on any atom is -0.00178 e. The average molecular weight is 265 g/mol. The first-order valence-electron chi connectivity index (χ1n) is 8.91. The van der Waals surface area contributed by atoms with Gasteiger partial charge in [0.05, 0.1) is 0 Å². The van der Waals surface area contributed by atoms with Crippen LogP contribution in [0.5, 0.6) is 0 Å². The highest BCUT2D eigenvalue weighted by Crippen LogP contribution is 2.44. The molecule has 0 radical (unpaired) electrons. The van der Waals surface area contributed by atoms with Gasteiger partial charge in [-0.15, -0.1) is 0 Å². The van der Waals surface area contributed by atoms with E-state index in [1.54, 1.807) is 0 Å². The zero-order valence-electron chi connectivity index (χ0n) is 13.5. The second-order valence-corrected chi connectivity index (χ2v) is 7.57. The number of hydrogen-bond donors (Lipinski definition) is 1. The van der Waals surface area contributed by atoms with Crippen molar-refractivity contribution in [2.24, 2.45) is 29.6 Å². The molecule has 2 rings (SSSR count). The van der Waals surface area contributed by atoms with Crippen molar-refractivity contribution in [3.05, 3.63) is 0 Å². The van der Waals surface area contributed by atoms with Gasteiger partial charge < -0.3 is 5.32 Å². The number of hydrogen-bond acceptors (Lipinski definition) is 1. The second kappa shape index (κ2) is 7.67. The Balaban J connectivity index is 1.88. The Morgan fingerprint density at radius 1 is 0.895 bits per heavy atom. The summed E-state index contributed by atoms with van der Waals surface area (Å²) in [6.07, 6.45) is 11.7. The molecule has 2 aliphatic rings. The summed E-state index contributed by atoms with van der Waals surface area (Å²) in [5.41, 5.74) is 0. The highest BCUT2D eigenvalue weighted by molar-refractivity contribution is 4.86. The molecule has 1 nitrogen and oxygen atoms in total. The molecule has 112 valence electrons. The lowest BCUT2D eigenvalue weighted by atomic mass is 9.64. The maximum atomic E-state index is 3.70. The van der Waals surface area contributed by atoms with Gasteiger partial charge in [-0.2, -0.15) is 0 Å². The van der Waals surface area contributed by atoms with Crippen LogP contribution in [0, 0.1) is 29.6 Å². The van der Waals surface area contributed by atoms with Gasteiger partial charge in [0.2, 0.25) is 0 Å². The number of nitrogens with one attached hydrogen (secondary N) is 1. The normalized spacial score (nSPS) is 40.3. The van der Waals surface area contributed by atoms with Gasteiger partial charge >= 0.3 is 0 Å². The predicted molar refractivity (Wildman–Crippen MR) is 84.3 cm³/mol. The summed E-state index contributed by atoms with van der Waals surface area (Å²) < 4.78 is 0. The van der Waals surface area contributed by atoms with Crippen LogP contribution in [0.3, 0.4) is 0 Å². The fourth-order valence-corrected chi connectivity index (χ4v) is 4.50. The van der Waals surface area contributed by atoms with E-state index in [1.165, 1.54) is 64.5 Å². The summed E-state index contributed by atoms with van der Waals surface area (Å²) in [5, 5.41) is 3.70. The highest BCUT2D eigenvalue weighted by atomic mass is 14.9. The molecule has 3 unspecified atom stereocenters. The van der Waals surface area contributed by atoms with Crippen LogP contribution in [-0.4, -0.2) is 13.1 Å². The quantitative estimate of drug-likeness (QED) is 0.700. The Morgan fingerprint density at radius 3 is 2.26 bits per heavy atom. The SMILES string of the molecule is CCCNCC1CCC(C)CC1C1CCC(C)CC1. The molecule has 0 aliphatic heterocycles. The summed E-state index contributed by atoms with van der Waals surface area (Å²) >= 11 is 0. The molecule has 2 saturated carbocycles. The van der Waals surface area contributed by atoms with Gasteiger partial charge in [0.25, 0.3) is 0 Å². The predicted octanol–water partition coefficient (Wildman–Crippen LogP) is 4.86. The first kappa shape index (κ1) is 15.4. The van der Waals surface area contributed by atoms with E-state index in [4.69, 9.17) is 0 Å². The van der Waals surface area contributed by atoms with E-state index >= 15 is 0 Å². The van der Waals surface area contributed by atoms with E-state index in [0.717, 1.165) is 29.6 Å². The summed E-state index contributed by atoms with van der Waals surface area (Å²) in [6.45, 7) is 9.70. The molecule has 0 amide bonds. The molecular weight excluding hydrogens is 230 g/mol. The smallest absolute Gasteiger partial charge is 0.00178 e. The van der Waals surface area contributed by atoms with E-state index in [9.17, 15) is 0 Å².